The van der Waals surface area contributed by atoms with Crippen molar-refractivity contribution in [3.63, 3.8) is 0 Å². The van der Waals surface area contributed by atoms with Gasteiger partial charge in [-0.15, -0.1) is 0 Å². The molecule has 4 heteroatoms. The van der Waals surface area contributed by atoms with Gasteiger partial charge in [-0.2, -0.15) is 0 Å². The highest BCUT2D eigenvalue weighted by atomic mass is 16.3. The number of urea groups is 1. The van der Waals surface area contributed by atoms with Crippen molar-refractivity contribution in [1.29, 1.82) is 0 Å². The predicted molar refractivity (Wildman–Crippen MR) is 82.7 cm³/mol. The second-order valence-electron chi connectivity index (χ2n) is 6.45. The molecule has 1 aliphatic rings. The summed E-state index contributed by atoms with van der Waals surface area (Å²) < 4.78 is 0. The van der Waals surface area contributed by atoms with Crippen molar-refractivity contribution in [3.8, 4) is 0 Å². The van der Waals surface area contributed by atoms with E-state index in [-0.39, 0.29) is 12.6 Å². The zero-order chi connectivity index (χ0) is 14.8. The lowest BCUT2D eigenvalue weighted by Crippen LogP contribution is -2.43. The molecule has 0 spiro atoms. The predicted octanol–water partition coefficient (Wildman–Crippen LogP) is 3.01. The second-order valence-corrected chi connectivity index (χ2v) is 6.45. The summed E-state index contributed by atoms with van der Waals surface area (Å²) in [6.07, 6.45) is 7.87. The third-order valence-electron chi connectivity index (χ3n) is 4.03. The molecule has 118 valence electrons. The van der Waals surface area contributed by atoms with Crippen LogP contribution in [-0.2, 0) is 0 Å². The minimum Gasteiger partial charge on any atom is -0.396 e. The molecule has 2 N–H and O–H groups in total. The molecule has 0 aromatic heterocycles. The number of aliphatic hydroxyl groups excluding tert-OH is 1. The van der Waals surface area contributed by atoms with Gasteiger partial charge < -0.3 is 15.3 Å². The molecular weight excluding hydrogens is 252 g/mol. The van der Waals surface area contributed by atoms with Gasteiger partial charge >= 0.3 is 6.03 Å². The van der Waals surface area contributed by atoms with Crippen molar-refractivity contribution in [2.24, 2.45) is 11.8 Å². The van der Waals surface area contributed by atoms with Crippen LogP contribution in [0, 0.1) is 11.8 Å². The Morgan fingerprint density at radius 2 is 1.75 bits per heavy atom. The standard InChI is InChI=1S/C16H32N2O2/c1-14(2)12-15(8-11-19)13-17-16(20)18-9-6-4-3-5-7-10-18/h14-15,19H,3-13H2,1-2H3,(H,17,20). The number of carbonyl (C=O) groups excluding carboxylic acids is 1. The Labute approximate surface area is 123 Å². The van der Waals surface area contributed by atoms with Gasteiger partial charge in [0.05, 0.1) is 0 Å². The summed E-state index contributed by atoms with van der Waals surface area (Å²) in [5.74, 6) is 0.990. The highest BCUT2D eigenvalue weighted by Crippen LogP contribution is 2.15. The number of carbonyl (C=O) groups is 1. The van der Waals surface area contributed by atoms with Crippen LogP contribution in [0.25, 0.3) is 0 Å². The van der Waals surface area contributed by atoms with E-state index in [9.17, 15) is 4.79 Å². The normalized spacial score (nSPS) is 18.5. The molecule has 0 aromatic carbocycles. The smallest absolute Gasteiger partial charge is 0.317 e. The summed E-state index contributed by atoms with van der Waals surface area (Å²) in [7, 11) is 0. The Hall–Kier alpha value is -0.770. The van der Waals surface area contributed by atoms with Crippen LogP contribution in [0.5, 0.6) is 0 Å². The maximum atomic E-state index is 12.2. The molecule has 20 heavy (non-hydrogen) atoms. The minimum atomic E-state index is 0.0820. The van der Waals surface area contributed by atoms with Crippen molar-refractivity contribution in [2.75, 3.05) is 26.2 Å². The van der Waals surface area contributed by atoms with Crippen LogP contribution >= 0.6 is 0 Å². The molecule has 0 aromatic rings. The van der Waals surface area contributed by atoms with E-state index in [2.05, 4.69) is 19.2 Å². The molecule has 1 rings (SSSR count). The quantitative estimate of drug-likeness (QED) is 0.788. The lowest BCUT2D eigenvalue weighted by atomic mass is 9.94. The van der Waals surface area contributed by atoms with Gasteiger partial charge in [-0.05, 0) is 37.5 Å². The van der Waals surface area contributed by atoms with Gasteiger partial charge in [-0.25, -0.2) is 4.79 Å². The van der Waals surface area contributed by atoms with E-state index in [1.165, 1.54) is 19.3 Å². The van der Waals surface area contributed by atoms with Gasteiger partial charge in [-0.3, -0.25) is 0 Å². The molecule has 1 atom stereocenters. The van der Waals surface area contributed by atoms with Gasteiger partial charge in [0.1, 0.15) is 0 Å². The molecule has 0 bridgehead atoms. The van der Waals surface area contributed by atoms with E-state index in [4.69, 9.17) is 5.11 Å². The van der Waals surface area contributed by atoms with E-state index in [1.54, 1.807) is 0 Å². The molecular formula is C16H32N2O2. The Morgan fingerprint density at radius 3 is 2.30 bits per heavy atom. The number of likely N-dealkylation sites (tertiary alicyclic amines) is 1. The van der Waals surface area contributed by atoms with Gasteiger partial charge in [0.15, 0.2) is 0 Å². The molecule has 1 heterocycles. The third kappa shape index (κ3) is 7.13. The molecule has 4 nitrogen and oxygen atoms in total. The maximum absolute atomic E-state index is 12.2. The fraction of sp³-hybridized carbons (Fsp3) is 0.938. The molecule has 1 saturated heterocycles. The first-order valence-corrected chi connectivity index (χ1v) is 8.27. The van der Waals surface area contributed by atoms with Crippen LogP contribution < -0.4 is 5.32 Å². The van der Waals surface area contributed by atoms with Gasteiger partial charge in [-0.1, -0.05) is 33.1 Å². The van der Waals surface area contributed by atoms with Gasteiger partial charge in [0.2, 0.25) is 0 Å². The third-order valence-corrected chi connectivity index (χ3v) is 4.03. The molecule has 0 saturated carbocycles. The maximum Gasteiger partial charge on any atom is 0.317 e. The van der Waals surface area contributed by atoms with Crippen LogP contribution in [0.2, 0.25) is 0 Å². The summed E-state index contributed by atoms with van der Waals surface area (Å²) >= 11 is 0. The Morgan fingerprint density at radius 1 is 1.15 bits per heavy atom. The number of rotatable bonds is 6. The number of nitrogens with one attached hydrogen (secondary N) is 1. The molecule has 1 unspecified atom stereocenters. The van der Waals surface area contributed by atoms with Gasteiger partial charge in [0.25, 0.3) is 0 Å². The number of hydrogen-bond donors (Lipinski definition) is 2. The summed E-state index contributed by atoms with van der Waals surface area (Å²) in [4.78, 5) is 14.2. The average Bonchev–Trinajstić information content (AvgIpc) is 2.35. The van der Waals surface area contributed by atoms with Crippen molar-refractivity contribution < 1.29 is 9.90 Å². The summed E-state index contributed by atoms with van der Waals surface area (Å²) in [5, 5.41) is 12.2. The number of amides is 2. The second kappa shape index (κ2) is 10.0. The zero-order valence-corrected chi connectivity index (χ0v) is 13.2. The van der Waals surface area contributed by atoms with Crippen molar-refractivity contribution in [1.82, 2.24) is 10.2 Å². The fourth-order valence-electron chi connectivity index (χ4n) is 2.95. The number of hydrogen-bond acceptors (Lipinski definition) is 2. The average molecular weight is 284 g/mol. The lowest BCUT2D eigenvalue weighted by molar-refractivity contribution is 0.186. The molecule has 2 amide bonds. The highest BCUT2D eigenvalue weighted by molar-refractivity contribution is 5.74. The Bertz CT molecular complexity index is 261. The van der Waals surface area contributed by atoms with E-state index >= 15 is 0 Å². The topological polar surface area (TPSA) is 52.6 Å². The van der Waals surface area contributed by atoms with Crippen LogP contribution in [-0.4, -0.2) is 42.3 Å². The van der Waals surface area contributed by atoms with Crippen molar-refractivity contribution >= 4 is 6.03 Å². The zero-order valence-electron chi connectivity index (χ0n) is 13.2. The van der Waals surface area contributed by atoms with Crippen LogP contribution in [0.4, 0.5) is 4.79 Å². The Balaban J connectivity index is 2.34. The Kier molecular flexibility index (Phi) is 8.67. The summed E-state index contributed by atoms with van der Waals surface area (Å²) in [6.45, 7) is 7.04. The largest absolute Gasteiger partial charge is 0.396 e. The monoisotopic (exact) mass is 284 g/mol. The molecule has 0 radical (unpaired) electrons. The molecule has 1 fully saturated rings. The first-order valence-electron chi connectivity index (χ1n) is 8.27. The van der Waals surface area contributed by atoms with E-state index in [0.29, 0.717) is 18.4 Å². The van der Waals surface area contributed by atoms with Crippen molar-refractivity contribution in [3.05, 3.63) is 0 Å². The van der Waals surface area contributed by atoms with Crippen LogP contribution in [0.3, 0.4) is 0 Å². The summed E-state index contributed by atoms with van der Waals surface area (Å²) in [6, 6.07) is 0.0820. The minimum absolute atomic E-state index is 0.0820. The first-order chi connectivity index (χ1) is 9.63. The van der Waals surface area contributed by atoms with Gasteiger partial charge in [0, 0.05) is 26.2 Å². The van der Waals surface area contributed by atoms with E-state index < -0.39 is 0 Å². The molecule has 1 aliphatic heterocycles. The highest BCUT2D eigenvalue weighted by Gasteiger charge is 2.17. The first kappa shape index (κ1) is 17.3. The van der Waals surface area contributed by atoms with E-state index in [0.717, 1.165) is 38.8 Å². The number of nitrogens with zero attached hydrogens (tertiary/aromatic N) is 1. The van der Waals surface area contributed by atoms with Crippen molar-refractivity contribution in [2.45, 2.75) is 58.8 Å². The molecule has 0 aliphatic carbocycles. The van der Waals surface area contributed by atoms with Crippen LogP contribution in [0.15, 0.2) is 0 Å². The SMILES string of the molecule is CC(C)CC(CCO)CNC(=O)N1CCCCCCC1. The fourth-order valence-corrected chi connectivity index (χ4v) is 2.95. The number of aliphatic hydroxyl groups is 1. The van der Waals surface area contributed by atoms with Crippen LogP contribution in [0.1, 0.15) is 58.8 Å². The van der Waals surface area contributed by atoms with E-state index in [1.807, 2.05) is 4.90 Å². The summed E-state index contributed by atoms with van der Waals surface area (Å²) in [5.41, 5.74) is 0. The lowest BCUT2D eigenvalue weighted by Gasteiger charge is -2.26.